The molecule has 1 aromatic rings. The largest absolute Gasteiger partial charge is 0.379 e. The summed E-state index contributed by atoms with van der Waals surface area (Å²) in [5, 5.41) is 2.93. The highest BCUT2D eigenvalue weighted by atomic mass is 16.5. The first-order valence-corrected chi connectivity index (χ1v) is 19.0. The maximum atomic E-state index is 14.2. The number of carbonyl (C=O) groups excluding carboxylic acids is 5. The number of carbonyl (C=O) groups is 5. The first-order valence-electron chi connectivity index (χ1n) is 19.0. The molecule has 11 heteroatoms. The number of likely N-dealkylation sites (N-methyl/N-ethyl adjacent to an activating group) is 2. The van der Waals surface area contributed by atoms with Crippen molar-refractivity contribution in [1.29, 1.82) is 0 Å². The number of likely N-dealkylation sites (tertiary alicyclic amines) is 1. The Morgan fingerprint density at radius 3 is 2.08 bits per heavy atom. The molecule has 52 heavy (non-hydrogen) atoms. The van der Waals surface area contributed by atoms with Gasteiger partial charge >= 0.3 is 0 Å². The van der Waals surface area contributed by atoms with Gasteiger partial charge in [-0.1, -0.05) is 71.4 Å². The van der Waals surface area contributed by atoms with Crippen LogP contribution in [0.1, 0.15) is 93.1 Å². The fraction of sp³-hybridized carbons (Fsp3) is 0.732. The summed E-state index contributed by atoms with van der Waals surface area (Å²) in [6.45, 7) is 15.5. The van der Waals surface area contributed by atoms with Crippen LogP contribution in [0.5, 0.6) is 0 Å². The van der Waals surface area contributed by atoms with Crippen LogP contribution in [0.25, 0.3) is 0 Å². The van der Waals surface area contributed by atoms with E-state index in [9.17, 15) is 24.0 Å². The minimum absolute atomic E-state index is 0.000186. The maximum Gasteiger partial charge on any atom is 0.226 e. The molecule has 0 spiro atoms. The number of benzene rings is 1. The van der Waals surface area contributed by atoms with Gasteiger partial charge in [-0.2, -0.15) is 0 Å². The lowest BCUT2D eigenvalue weighted by Gasteiger charge is -2.41. The number of amides is 3. The molecule has 1 aromatic carbocycles. The molecule has 0 bridgehead atoms. The molecule has 1 N–H and O–H groups in total. The van der Waals surface area contributed by atoms with Crippen molar-refractivity contribution in [1.82, 2.24) is 20.0 Å². The van der Waals surface area contributed by atoms with Crippen LogP contribution in [0.15, 0.2) is 30.3 Å². The Labute approximate surface area is 313 Å². The molecule has 1 fully saturated rings. The van der Waals surface area contributed by atoms with E-state index < -0.39 is 41.7 Å². The molecule has 3 amide bonds. The summed E-state index contributed by atoms with van der Waals surface area (Å²) in [5.41, 5.74) is 0.231. The van der Waals surface area contributed by atoms with E-state index in [1.54, 1.807) is 38.0 Å². The lowest BCUT2D eigenvalue weighted by Crippen LogP contribution is -2.55. The Kier molecular flexibility index (Phi) is 17.6. The number of hydrogen-bond acceptors (Lipinski definition) is 8. The third-order valence-corrected chi connectivity index (χ3v) is 11.7. The van der Waals surface area contributed by atoms with Crippen molar-refractivity contribution >= 4 is 29.3 Å². The van der Waals surface area contributed by atoms with Crippen molar-refractivity contribution in [2.75, 3.05) is 41.9 Å². The molecule has 0 aromatic heterocycles. The van der Waals surface area contributed by atoms with E-state index in [1.807, 2.05) is 77.0 Å². The van der Waals surface area contributed by atoms with Crippen LogP contribution in [0.3, 0.4) is 0 Å². The highest BCUT2D eigenvalue weighted by molar-refractivity contribution is 5.92. The van der Waals surface area contributed by atoms with Gasteiger partial charge in [-0.25, -0.2) is 0 Å². The number of ether oxygens (including phenoxy) is 2. The third-order valence-electron chi connectivity index (χ3n) is 11.7. The van der Waals surface area contributed by atoms with Crippen LogP contribution >= 0.6 is 0 Å². The van der Waals surface area contributed by atoms with E-state index in [2.05, 4.69) is 19.2 Å². The molecule has 294 valence electrons. The number of nitrogens with zero attached hydrogens (tertiary/aromatic N) is 3. The zero-order chi connectivity index (χ0) is 39.5. The lowest BCUT2D eigenvalue weighted by molar-refractivity contribution is -0.149. The van der Waals surface area contributed by atoms with Crippen LogP contribution in [-0.2, 0) is 39.9 Å². The second-order valence-electron chi connectivity index (χ2n) is 15.9. The van der Waals surface area contributed by atoms with Crippen molar-refractivity contribution in [3.8, 4) is 0 Å². The molecular weight excluding hydrogens is 660 g/mol. The number of methoxy groups -OCH3 is 2. The molecule has 0 radical (unpaired) electrons. The summed E-state index contributed by atoms with van der Waals surface area (Å²) < 4.78 is 12.0. The smallest absolute Gasteiger partial charge is 0.226 e. The Hall–Kier alpha value is -3.15. The van der Waals surface area contributed by atoms with Crippen LogP contribution < -0.4 is 5.32 Å². The molecule has 8 atom stereocenters. The highest BCUT2D eigenvalue weighted by Gasteiger charge is 2.43. The number of nitrogens with one attached hydrogen (secondary N) is 1. The van der Waals surface area contributed by atoms with Gasteiger partial charge < -0.3 is 24.6 Å². The van der Waals surface area contributed by atoms with Gasteiger partial charge in [0.05, 0.1) is 48.2 Å². The molecule has 1 aliphatic rings. The average Bonchev–Trinajstić information content (AvgIpc) is 3.59. The van der Waals surface area contributed by atoms with E-state index in [0.29, 0.717) is 19.4 Å². The van der Waals surface area contributed by atoms with Gasteiger partial charge in [0.1, 0.15) is 0 Å². The summed E-state index contributed by atoms with van der Waals surface area (Å²) >= 11 is 0. The molecule has 1 heterocycles. The number of rotatable bonds is 21. The summed E-state index contributed by atoms with van der Waals surface area (Å²) in [6.07, 6.45) is 1.53. The van der Waals surface area contributed by atoms with Crippen molar-refractivity contribution in [2.45, 2.75) is 130 Å². The van der Waals surface area contributed by atoms with Gasteiger partial charge in [0.15, 0.2) is 11.6 Å². The quantitative estimate of drug-likeness (QED) is 0.192. The minimum atomic E-state index is -0.717. The van der Waals surface area contributed by atoms with Crippen molar-refractivity contribution < 1.29 is 33.4 Å². The average molecular weight is 729 g/mol. The first kappa shape index (κ1) is 45.0. The SMILES string of the molecule is CCC(C)C(C(CC(=O)N1CCCC1C(OC)C(C)C(=O)NC(Cc1ccccc1)C(C)=O)OC)N(C)C(=O)C(CC(=O)C(C)(C)N(C)C)C(C)C. The zero-order valence-electron chi connectivity index (χ0n) is 34.2. The topological polar surface area (TPSA) is 126 Å². The fourth-order valence-corrected chi connectivity index (χ4v) is 7.32. The summed E-state index contributed by atoms with van der Waals surface area (Å²) in [7, 11) is 8.61. The number of ketones is 2. The summed E-state index contributed by atoms with van der Waals surface area (Å²) in [4.78, 5) is 73.3. The fourth-order valence-electron chi connectivity index (χ4n) is 7.32. The lowest BCUT2D eigenvalue weighted by atomic mass is 9.82. The Morgan fingerprint density at radius 2 is 1.58 bits per heavy atom. The summed E-state index contributed by atoms with van der Waals surface area (Å²) in [5.74, 6) is -1.93. The van der Waals surface area contributed by atoms with E-state index in [4.69, 9.17) is 9.47 Å². The standard InChI is InChI=1S/C41H68N4O7/c1-14-27(4)37(44(11)40(50)31(26(2)3)24-35(47)41(7,8)43(9)10)34(51-12)25-36(48)45-22-18-21-33(45)38(52-13)28(5)39(49)42-32(29(6)46)23-30-19-16-15-17-20-30/h15-17,19-20,26-28,31-34,37-38H,14,18,21-25H2,1-13H3,(H,42,49). The zero-order valence-corrected chi connectivity index (χ0v) is 34.2. The van der Waals surface area contributed by atoms with E-state index in [-0.39, 0.29) is 60.0 Å². The number of hydrogen-bond donors (Lipinski definition) is 1. The second kappa shape index (κ2) is 20.3. The van der Waals surface area contributed by atoms with Crippen molar-refractivity contribution in [2.24, 2.45) is 23.7 Å². The van der Waals surface area contributed by atoms with E-state index >= 15 is 0 Å². The van der Waals surface area contributed by atoms with Crippen LogP contribution in [0.4, 0.5) is 0 Å². The highest BCUT2D eigenvalue weighted by Crippen LogP contribution is 2.31. The predicted octanol–water partition coefficient (Wildman–Crippen LogP) is 4.79. The van der Waals surface area contributed by atoms with Gasteiger partial charge in [-0.15, -0.1) is 0 Å². The number of Topliss-reactive ketones (excluding diaryl/α,β-unsaturated/α-hetero) is 2. The van der Waals surface area contributed by atoms with Crippen LogP contribution in [0.2, 0.25) is 0 Å². The first-order chi connectivity index (χ1) is 24.3. The molecule has 8 unspecified atom stereocenters. The van der Waals surface area contributed by atoms with E-state index in [1.165, 1.54) is 6.92 Å². The van der Waals surface area contributed by atoms with Gasteiger partial charge in [0, 0.05) is 40.2 Å². The van der Waals surface area contributed by atoms with Gasteiger partial charge in [0.2, 0.25) is 17.7 Å². The molecular formula is C41H68N4O7. The van der Waals surface area contributed by atoms with Gasteiger partial charge in [-0.3, -0.25) is 28.9 Å². The second-order valence-corrected chi connectivity index (χ2v) is 15.9. The summed E-state index contributed by atoms with van der Waals surface area (Å²) in [6, 6.07) is 8.12. The minimum Gasteiger partial charge on any atom is -0.379 e. The van der Waals surface area contributed by atoms with Crippen molar-refractivity contribution in [3.63, 3.8) is 0 Å². The van der Waals surface area contributed by atoms with Crippen LogP contribution in [-0.4, -0.2) is 122 Å². The Morgan fingerprint density at radius 1 is 0.962 bits per heavy atom. The monoisotopic (exact) mass is 729 g/mol. The Bertz CT molecular complexity index is 1330. The maximum absolute atomic E-state index is 14.2. The molecule has 11 nitrogen and oxygen atoms in total. The molecule has 1 saturated heterocycles. The molecule has 0 saturated carbocycles. The van der Waals surface area contributed by atoms with Gasteiger partial charge in [0.25, 0.3) is 0 Å². The van der Waals surface area contributed by atoms with Crippen LogP contribution in [0, 0.1) is 23.7 Å². The normalized spacial score (nSPS) is 19.1. The molecule has 0 aliphatic carbocycles. The Balaban J connectivity index is 2.27. The molecule has 2 rings (SSSR count). The van der Waals surface area contributed by atoms with Crippen molar-refractivity contribution in [3.05, 3.63) is 35.9 Å². The van der Waals surface area contributed by atoms with Gasteiger partial charge in [-0.05, 0) is 71.5 Å². The third kappa shape index (κ3) is 11.4. The van der Waals surface area contributed by atoms with E-state index in [0.717, 1.165) is 18.4 Å². The predicted molar refractivity (Wildman–Crippen MR) is 205 cm³/mol. The molecule has 1 aliphatic heterocycles.